The van der Waals surface area contributed by atoms with Crippen molar-refractivity contribution in [3.8, 4) is 11.4 Å². The predicted molar refractivity (Wildman–Crippen MR) is 144 cm³/mol. The minimum atomic E-state index is -2.16. The fourth-order valence-corrected chi connectivity index (χ4v) is 4.97. The molecule has 0 unspecified atom stereocenters. The molecule has 0 aliphatic carbocycles. The van der Waals surface area contributed by atoms with Gasteiger partial charge in [0.2, 0.25) is 5.95 Å². The Kier molecular flexibility index (Phi) is 6.00. The number of aryl methyl sites for hydroxylation is 1. The fraction of sp³-hybridized carbons (Fsp3) is 0.577. The van der Waals surface area contributed by atoms with Crippen molar-refractivity contribution in [2.75, 3.05) is 23.7 Å². The molecule has 3 N–H and O–H groups in total. The van der Waals surface area contributed by atoms with E-state index in [1.165, 1.54) is 27.0 Å². The molecule has 2 aliphatic rings. The molecule has 2 saturated heterocycles. The number of anilines is 3. The minimum absolute atomic E-state index is 0.00727. The Morgan fingerprint density at radius 1 is 1.27 bits per heavy atom. The van der Waals surface area contributed by atoms with Crippen LogP contribution in [0.15, 0.2) is 23.1 Å². The van der Waals surface area contributed by atoms with E-state index in [0.29, 0.717) is 12.8 Å². The van der Waals surface area contributed by atoms with Crippen LogP contribution in [0.5, 0.6) is 5.75 Å². The van der Waals surface area contributed by atoms with Crippen molar-refractivity contribution in [2.24, 2.45) is 7.05 Å². The summed E-state index contributed by atoms with van der Waals surface area (Å²) in [6.07, 6.45) is -0.409. The van der Waals surface area contributed by atoms with Gasteiger partial charge in [-0.3, -0.25) is 4.90 Å². The molecule has 0 bridgehead atoms. The second-order valence-corrected chi connectivity index (χ2v) is 11.3. The quantitative estimate of drug-likeness (QED) is 0.375. The van der Waals surface area contributed by atoms with Crippen LogP contribution in [-0.2, 0) is 7.05 Å². The number of ether oxygens (including phenoxy) is 1. The highest BCUT2D eigenvalue weighted by Crippen LogP contribution is 2.38. The number of piperidine rings is 1. The molecular formula is C26H35F2N9O3. The van der Waals surface area contributed by atoms with E-state index in [1.807, 2.05) is 13.8 Å². The van der Waals surface area contributed by atoms with Crippen LogP contribution in [0, 0.1) is 11.6 Å². The lowest BCUT2D eigenvalue weighted by molar-refractivity contribution is 0.0283. The molecule has 216 valence electrons. The van der Waals surface area contributed by atoms with Crippen molar-refractivity contribution in [2.45, 2.75) is 76.6 Å². The zero-order valence-corrected chi connectivity index (χ0v) is 22.9. The van der Waals surface area contributed by atoms with Crippen LogP contribution >= 0.6 is 0 Å². The van der Waals surface area contributed by atoms with Crippen LogP contribution < -0.4 is 21.1 Å². The zero-order valence-electron chi connectivity index (χ0n) is 26.9. The smallest absolute Gasteiger partial charge is 0.368 e. The number of benzene rings is 1. The number of hydrogen-bond donors (Lipinski definition) is 3. The molecule has 1 aromatic carbocycles. The summed E-state index contributed by atoms with van der Waals surface area (Å²) in [5, 5.41) is 23.3. The molecule has 2 aromatic heterocycles. The molecule has 5 rings (SSSR count). The number of rotatable bonds is 8. The normalized spacial score (nSPS) is 24.8. The second kappa shape index (κ2) is 10.4. The van der Waals surface area contributed by atoms with Crippen molar-refractivity contribution in [1.29, 1.82) is 0 Å². The molecule has 12 nitrogen and oxygen atoms in total. The minimum Gasteiger partial charge on any atom is -0.488 e. The van der Waals surface area contributed by atoms with Crippen molar-refractivity contribution < 1.29 is 24.1 Å². The Labute approximate surface area is 236 Å². The van der Waals surface area contributed by atoms with E-state index >= 15 is 4.39 Å². The molecule has 3 aromatic rings. The molecule has 14 heteroatoms. The summed E-state index contributed by atoms with van der Waals surface area (Å²) in [6, 6.07) is 1.44. The lowest BCUT2D eigenvalue weighted by atomic mass is 9.84. The van der Waals surface area contributed by atoms with Gasteiger partial charge in [-0.1, -0.05) is 0 Å². The van der Waals surface area contributed by atoms with Gasteiger partial charge in [-0.25, -0.2) is 18.6 Å². The maximum Gasteiger partial charge on any atom is 0.368 e. The number of halogens is 2. The number of nitrogens with one attached hydrogen (secondary N) is 2. The third-order valence-electron chi connectivity index (χ3n) is 6.77. The summed E-state index contributed by atoms with van der Waals surface area (Å²) in [4.78, 5) is 22.3. The zero-order chi connectivity index (χ0) is 32.4. The first kappa shape index (κ1) is 23.1. The number of aromatic nitrogens is 6. The Balaban J connectivity index is 1.41. The number of tetrazole rings is 1. The summed E-state index contributed by atoms with van der Waals surface area (Å²) in [6.45, 7) is 4.28. The molecule has 0 saturated carbocycles. The van der Waals surface area contributed by atoms with Gasteiger partial charge in [0.25, 0.3) is 0 Å². The van der Waals surface area contributed by atoms with Gasteiger partial charge in [0, 0.05) is 36.2 Å². The molecule has 0 spiro atoms. The first-order valence-electron chi connectivity index (χ1n) is 14.8. The monoisotopic (exact) mass is 563 g/mol. The van der Waals surface area contributed by atoms with Crippen LogP contribution in [0.25, 0.3) is 5.69 Å². The Morgan fingerprint density at radius 3 is 2.75 bits per heavy atom. The van der Waals surface area contributed by atoms with Crippen molar-refractivity contribution in [3.05, 3.63) is 40.4 Å². The van der Waals surface area contributed by atoms with E-state index < -0.39 is 47.4 Å². The average molecular weight is 564 g/mol. The molecule has 2 fully saturated rings. The fourth-order valence-electron chi connectivity index (χ4n) is 4.97. The number of hydrogen-bond acceptors (Lipinski definition) is 10. The molecular weight excluding hydrogens is 524 g/mol. The van der Waals surface area contributed by atoms with Gasteiger partial charge < -0.3 is 20.5 Å². The summed E-state index contributed by atoms with van der Waals surface area (Å²) in [7, 11) is 1.39. The van der Waals surface area contributed by atoms with E-state index in [2.05, 4.69) is 31.0 Å². The third kappa shape index (κ3) is 5.77. The highest BCUT2D eigenvalue weighted by Gasteiger charge is 2.43. The van der Waals surface area contributed by atoms with Crippen LogP contribution in [0.2, 0.25) is 0 Å². The van der Waals surface area contributed by atoms with Gasteiger partial charge in [0.05, 0.1) is 17.5 Å². The van der Waals surface area contributed by atoms with E-state index in [0.717, 1.165) is 21.6 Å². The van der Waals surface area contributed by atoms with E-state index in [-0.39, 0.29) is 48.0 Å². The van der Waals surface area contributed by atoms with Crippen LogP contribution in [-0.4, -0.2) is 76.1 Å². The van der Waals surface area contributed by atoms with Crippen molar-refractivity contribution in [3.63, 3.8) is 0 Å². The summed E-state index contributed by atoms with van der Waals surface area (Å²) in [5.74, 6) is -2.01. The molecule has 0 amide bonds. The first-order valence-corrected chi connectivity index (χ1v) is 12.8. The molecule has 2 aliphatic heterocycles. The van der Waals surface area contributed by atoms with Gasteiger partial charge in [-0.2, -0.15) is 14.3 Å². The van der Waals surface area contributed by atoms with Crippen LogP contribution in [0.1, 0.15) is 58.8 Å². The van der Waals surface area contributed by atoms with E-state index in [4.69, 9.17) is 10.2 Å². The molecule has 4 heterocycles. The topological polar surface area (TPSA) is 135 Å². The van der Waals surface area contributed by atoms with Gasteiger partial charge >= 0.3 is 5.69 Å². The van der Waals surface area contributed by atoms with Crippen LogP contribution in [0.4, 0.5) is 26.2 Å². The summed E-state index contributed by atoms with van der Waals surface area (Å²) < 4.78 is 71.0. The molecule has 0 radical (unpaired) electrons. The predicted octanol–water partition coefficient (Wildman–Crippen LogP) is 2.74. The number of aliphatic hydroxyl groups is 1. The van der Waals surface area contributed by atoms with Crippen molar-refractivity contribution in [1.82, 2.24) is 34.7 Å². The van der Waals surface area contributed by atoms with Crippen LogP contribution in [0.3, 0.4) is 0 Å². The molecule has 40 heavy (non-hydrogen) atoms. The van der Waals surface area contributed by atoms with E-state index in [9.17, 15) is 14.3 Å². The highest BCUT2D eigenvalue weighted by atomic mass is 19.1. The SMILES string of the molecule is [2H]C1([2H])C[C@H]2C[C@@H](Nc3nc(Nc4cc(-n5nnn(C)c5=O)c(OCC(C)(C)O)cc4F)ncc3F)CC(C)(C)N2C1([2H])[2H]. The van der Waals surface area contributed by atoms with E-state index in [1.54, 1.807) is 4.90 Å². The number of nitrogens with zero attached hydrogens (tertiary/aromatic N) is 7. The summed E-state index contributed by atoms with van der Waals surface area (Å²) in [5.41, 5.74) is -2.81. The average Bonchev–Trinajstić information content (AvgIpc) is 3.31. The van der Waals surface area contributed by atoms with Gasteiger partial charge in [0.15, 0.2) is 17.5 Å². The second-order valence-electron chi connectivity index (χ2n) is 11.3. The largest absolute Gasteiger partial charge is 0.488 e. The maximum absolute atomic E-state index is 15.3. The molecule has 2 atom stereocenters. The first-order chi connectivity index (χ1) is 20.3. The van der Waals surface area contributed by atoms with Gasteiger partial charge in [0.1, 0.15) is 18.0 Å². The number of fused-ring (bicyclic) bond motifs is 1. The third-order valence-corrected chi connectivity index (χ3v) is 6.77. The standard InChI is InChI=1S/C26H35F2N9O3/c1-25(2)12-15(9-16-7-6-8-36(16)25)30-22-18(28)13-29-23(32-22)31-19-11-20(37-24(38)35(5)33-34-37)21(10-17(19)27)40-14-26(3,4)39/h10-11,13,15-16,39H,6-9,12,14H2,1-5H3,(H2,29,30,31,32)/t15-,16+/m1/s1/i6D2,8D2. The van der Waals surface area contributed by atoms with Crippen molar-refractivity contribution >= 4 is 17.5 Å². The van der Waals surface area contributed by atoms with Gasteiger partial charge in [-0.05, 0) is 76.3 Å². The lowest BCUT2D eigenvalue weighted by Gasteiger charge is -2.47. The van der Waals surface area contributed by atoms with Gasteiger partial charge in [-0.15, -0.1) is 0 Å². The summed E-state index contributed by atoms with van der Waals surface area (Å²) >= 11 is 0. The Morgan fingerprint density at radius 2 is 2.05 bits per heavy atom. The Bertz CT molecular complexity index is 1630. The Hall–Kier alpha value is -3.65. The highest BCUT2D eigenvalue weighted by molar-refractivity contribution is 5.63. The lowest BCUT2D eigenvalue weighted by Crippen LogP contribution is -2.55. The maximum atomic E-state index is 15.3.